The number of hydrogen-bond acceptors (Lipinski definition) is 5. The first-order chi connectivity index (χ1) is 11.6. The molecule has 0 aliphatic rings. The van der Waals surface area contributed by atoms with Crippen LogP contribution in [0.1, 0.15) is 27.5 Å². The normalized spacial score (nSPS) is 10.6. The van der Waals surface area contributed by atoms with Gasteiger partial charge in [0.15, 0.2) is 0 Å². The van der Waals surface area contributed by atoms with Crippen molar-refractivity contribution < 1.29 is 14.3 Å². The van der Waals surface area contributed by atoms with Gasteiger partial charge in [0.1, 0.15) is 11.4 Å². The standard InChI is InChI=1S/C18H24N2O3S/c1-14-19-17(13-24-14)18(21)20(10-4-12-22-2)11-9-15-5-7-16(23-3)8-6-15/h5-8,13H,4,9-12H2,1-3H3. The lowest BCUT2D eigenvalue weighted by Gasteiger charge is -2.22. The highest BCUT2D eigenvalue weighted by molar-refractivity contribution is 7.09. The van der Waals surface area contributed by atoms with Gasteiger partial charge >= 0.3 is 0 Å². The van der Waals surface area contributed by atoms with Crippen molar-refractivity contribution in [2.75, 3.05) is 33.9 Å². The van der Waals surface area contributed by atoms with Gasteiger partial charge in [0.25, 0.3) is 5.91 Å². The fourth-order valence-corrected chi connectivity index (χ4v) is 2.98. The third-order valence-corrected chi connectivity index (χ3v) is 4.50. The lowest BCUT2D eigenvalue weighted by molar-refractivity contribution is 0.0733. The molecule has 0 atom stereocenters. The summed E-state index contributed by atoms with van der Waals surface area (Å²) in [5, 5.41) is 2.74. The summed E-state index contributed by atoms with van der Waals surface area (Å²) in [4.78, 5) is 18.9. The minimum Gasteiger partial charge on any atom is -0.497 e. The summed E-state index contributed by atoms with van der Waals surface area (Å²) in [7, 11) is 3.33. The summed E-state index contributed by atoms with van der Waals surface area (Å²) in [6.45, 7) is 3.88. The number of rotatable bonds is 9. The average Bonchev–Trinajstić information content (AvgIpc) is 3.04. The van der Waals surface area contributed by atoms with Gasteiger partial charge < -0.3 is 14.4 Å². The van der Waals surface area contributed by atoms with Crippen LogP contribution in [0.3, 0.4) is 0 Å². The fourth-order valence-electron chi connectivity index (χ4n) is 2.39. The molecule has 1 aromatic carbocycles. The summed E-state index contributed by atoms with van der Waals surface area (Å²) in [6, 6.07) is 7.94. The Morgan fingerprint density at radius 1 is 1.21 bits per heavy atom. The molecule has 0 aliphatic carbocycles. The minimum absolute atomic E-state index is 0.0102. The van der Waals surface area contributed by atoms with Gasteiger partial charge in [0.05, 0.1) is 12.1 Å². The van der Waals surface area contributed by atoms with Crippen LogP contribution in [-0.4, -0.2) is 49.7 Å². The molecule has 0 N–H and O–H groups in total. The minimum atomic E-state index is -0.0102. The molecule has 0 unspecified atom stereocenters. The van der Waals surface area contributed by atoms with E-state index in [9.17, 15) is 4.79 Å². The second-order valence-corrected chi connectivity index (χ2v) is 6.55. The third kappa shape index (κ3) is 5.32. The van der Waals surface area contributed by atoms with Crippen molar-refractivity contribution in [1.29, 1.82) is 0 Å². The van der Waals surface area contributed by atoms with Crippen molar-refractivity contribution in [1.82, 2.24) is 9.88 Å². The first-order valence-corrected chi connectivity index (χ1v) is 8.85. The zero-order valence-corrected chi connectivity index (χ0v) is 15.3. The van der Waals surface area contributed by atoms with Gasteiger partial charge in [-0.1, -0.05) is 12.1 Å². The molecule has 5 nitrogen and oxygen atoms in total. The van der Waals surface area contributed by atoms with Crippen molar-refractivity contribution in [3.8, 4) is 5.75 Å². The summed E-state index contributed by atoms with van der Waals surface area (Å²) in [5.74, 6) is 0.827. The summed E-state index contributed by atoms with van der Waals surface area (Å²) in [5.41, 5.74) is 1.71. The van der Waals surface area contributed by atoms with Crippen LogP contribution in [-0.2, 0) is 11.2 Å². The zero-order chi connectivity index (χ0) is 17.4. The highest BCUT2D eigenvalue weighted by Gasteiger charge is 2.18. The number of thiazole rings is 1. The topological polar surface area (TPSA) is 51.7 Å². The molecule has 0 saturated heterocycles. The Kier molecular flexibility index (Phi) is 7.21. The largest absolute Gasteiger partial charge is 0.497 e. The molecule has 0 bridgehead atoms. The van der Waals surface area contributed by atoms with Crippen molar-refractivity contribution >= 4 is 17.2 Å². The van der Waals surface area contributed by atoms with E-state index in [1.165, 1.54) is 16.9 Å². The molecular formula is C18H24N2O3S. The molecule has 0 aliphatic heterocycles. The molecule has 24 heavy (non-hydrogen) atoms. The van der Waals surface area contributed by atoms with Crippen LogP contribution < -0.4 is 4.74 Å². The quantitative estimate of drug-likeness (QED) is 0.653. The van der Waals surface area contributed by atoms with Crippen LogP contribution in [0.4, 0.5) is 0 Å². The van der Waals surface area contributed by atoms with Crippen molar-refractivity contribution in [2.24, 2.45) is 0 Å². The van der Waals surface area contributed by atoms with E-state index in [1.54, 1.807) is 14.2 Å². The number of aromatic nitrogens is 1. The van der Waals surface area contributed by atoms with Crippen molar-refractivity contribution in [3.05, 3.63) is 45.9 Å². The molecule has 1 heterocycles. The molecule has 6 heteroatoms. The first-order valence-electron chi connectivity index (χ1n) is 7.97. The molecular weight excluding hydrogens is 324 g/mol. The van der Waals surface area contributed by atoms with E-state index < -0.39 is 0 Å². The molecule has 1 amide bonds. The number of ether oxygens (including phenoxy) is 2. The zero-order valence-electron chi connectivity index (χ0n) is 14.4. The second kappa shape index (κ2) is 9.39. The maximum Gasteiger partial charge on any atom is 0.273 e. The third-order valence-electron chi connectivity index (χ3n) is 3.73. The predicted molar refractivity (Wildman–Crippen MR) is 95.9 cm³/mol. The highest BCUT2D eigenvalue weighted by Crippen LogP contribution is 2.14. The lowest BCUT2D eigenvalue weighted by Crippen LogP contribution is -2.34. The SMILES string of the molecule is COCCCN(CCc1ccc(OC)cc1)C(=O)c1csc(C)n1. The van der Waals surface area contributed by atoms with Crippen LogP contribution >= 0.6 is 11.3 Å². The summed E-state index contributed by atoms with van der Waals surface area (Å²) < 4.78 is 10.3. The Morgan fingerprint density at radius 3 is 2.54 bits per heavy atom. The van der Waals surface area contributed by atoms with Gasteiger partial charge in [-0.25, -0.2) is 4.98 Å². The van der Waals surface area contributed by atoms with E-state index in [-0.39, 0.29) is 5.91 Å². The Hall–Kier alpha value is -1.92. The number of benzene rings is 1. The van der Waals surface area contributed by atoms with Crippen molar-refractivity contribution in [2.45, 2.75) is 19.8 Å². The Bertz CT molecular complexity index is 640. The smallest absolute Gasteiger partial charge is 0.273 e. The number of hydrogen-bond donors (Lipinski definition) is 0. The van der Waals surface area contributed by atoms with E-state index in [2.05, 4.69) is 4.98 Å². The summed E-state index contributed by atoms with van der Waals surface area (Å²) in [6.07, 6.45) is 1.61. The highest BCUT2D eigenvalue weighted by atomic mass is 32.1. The molecule has 130 valence electrons. The Balaban J connectivity index is 2.00. The van der Waals surface area contributed by atoms with Gasteiger partial charge in [-0.05, 0) is 37.5 Å². The Morgan fingerprint density at radius 2 is 1.96 bits per heavy atom. The number of nitrogens with zero attached hydrogens (tertiary/aromatic N) is 2. The van der Waals surface area contributed by atoms with Crippen LogP contribution in [0.5, 0.6) is 5.75 Å². The van der Waals surface area contributed by atoms with Crippen LogP contribution in [0.25, 0.3) is 0 Å². The van der Waals surface area contributed by atoms with Gasteiger partial charge in [-0.2, -0.15) is 0 Å². The predicted octanol–water partition coefficient (Wildman–Crippen LogP) is 3.18. The number of aryl methyl sites for hydroxylation is 1. The molecule has 2 rings (SSSR count). The monoisotopic (exact) mass is 348 g/mol. The molecule has 1 aromatic heterocycles. The average molecular weight is 348 g/mol. The number of methoxy groups -OCH3 is 2. The maximum atomic E-state index is 12.7. The molecule has 0 radical (unpaired) electrons. The van der Waals surface area contributed by atoms with E-state index in [0.717, 1.165) is 23.6 Å². The summed E-state index contributed by atoms with van der Waals surface area (Å²) >= 11 is 1.50. The van der Waals surface area contributed by atoms with Crippen LogP contribution in [0.15, 0.2) is 29.6 Å². The van der Waals surface area contributed by atoms with Gasteiger partial charge in [0.2, 0.25) is 0 Å². The number of carbonyl (C=O) groups excluding carboxylic acids is 1. The molecule has 0 spiro atoms. The van der Waals surface area contributed by atoms with E-state index in [4.69, 9.17) is 9.47 Å². The van der Waals surface area contributed by atoms with Crippen LogP contribution in [0, 0.1) is 6.92 Å². The van der Waals surface area contributed by atoms with Crippen molar-refractivity contribution in [3.63, 3.8) is 0 Å². The molecule has 0 fully saturated rings. The first kappa shape index (κ1) is 18.4. The fraction of sp³-hybridized carbons (Fsp3) is 0.444. The Labute approximate surface area is 147 Å². The van der Waals surface area contributed by atoms with Gasteiger partial charge in [0, 0.05) is 32.2 Å². The lowest BCUT2D eigenvalue weighted by atomic mass is 10.1. The second-order valence-electron chi connectivity index (χ2n) is 5.49. The van der Waals surface area contributed by atoms with E-state index >= 15 is 0 Å². The van der Waals surface area contributed by atoms with E-state index in [1.807, 2.05) is 41.5 Å². The molecule has 2 aromatic rings. The molecule has 0 saturated carbocycles. The number of amides is 1. The van der Waals surface area contributed by atoms with Crippen LogP contribution in [0.2, 0.25) is 0 Å². The number of carbonyl (C=O) groups is 1. The maximum absolute atomic E-state index is 12.7. The van der Waals surface area contributed by atoms with Gasteiger partial charge in [-0.15, -0.1) is 11.3 Å². The van der Waals surface area contributed by atoms with E-state index in [0.29, 0.717) is 25.4 Å². The van der Waals surface area contributed by atoms with Gasteiger partial charge in [-0.3, -0.25) is 4.79 Å².